The van der Waals surface area contributed by atoms with E-state index in [1.54, 1.807) is 22.5 Å². The van der Waals surface area contributed by atoms with Crippen LogP contribution in [0, 0.1) is 6.92 Å². The highest BCUT2D eigenvalue weighted by atomic mass is 16.4. The molecule has 3 aliphatic heterocycles. The van der Waals surface area contributed by atoms with E-state index >= 15 is 0 Å². The molecule has 0 aliphatic carbocycles. The molecular weight excluding hydrogens is 474 g/mol. The second-order valence-corrected chi connectivity index (χ2v) is 9.91. The van der Waals surface area contributed by atoms with E-state index in [0.717, 1.165) is 42.7 Å². The van der Waals surface area contributed by atoms with Gasteiger partial charge in [0.1, 0.15) is 6.17 Å². The second-order valence-electron chi connectivity index (χ2n) is 9.91. The molecule has 5 N–H and O–H groups in total. The van der Waals surface area contributed by atoms with Crippen molar-refractivity contribution in [3.63, 3.8) is 0 Å². The number of hydrogen-bond acceptors (Lipinski definition) is 5. The predicted octanol–water partition coefficient (Wildman–Crippen LogP) is 2.45. The Morgan fingerprint density at radius 2 is 2.00 bits per heavy atom. The molecule has 5 rings (SSSR count). The van der Waals surface area contributed by atoms with Crippen molar-refractivity contribution in [2.75, 3.05) is 25.0 Å². The summed E-state index contributed by atoms with van der Waals surface area (Å²) >= 11 is 0. The minimum absolute atomic E-state index is 0.0400. The van der Waals surface area contributed by atoms with Crippen LogP contribution in [0.25, 0.3) is 11.6 Å². The van der Waals surface area contributed by atoms with Gasteiger partial charge in [0.2, 0.25) is 11.8 Å². The molecule has 1 atom stereocenters. The number of likely N-dealkylation sites (tertiary alicyclic amines) is 1. The van der Waals surface area contributed by atoms with Crippen molar-refractivity contribution in [3.8, 4) is 0 Å². The zero-order valence-corrected chi connectivity index (χ0v) is 20.8. The van der Waals surface area contributed by atoms with Gasteiger partial charge in [0.05, 0.1) is 17.6 Å². The van der Waals surface area contributed by atoms with Gasteiger partial charge < -0.3 is 30.9 Å². The number of piperidine rings is 1. The number of anilines is 1. The lowest BCUT2D eigenvalue weighted by Gasteiger charge is -2.30. The third-order valence-electron chi connectivity index (χ3n) is 7.66. The zero-order chi connectivity index (χ0) is 26.3. The average molecular weight is 506 g/mol. The molecule has 1 aromatic heterocycles. The number of carboxylic acids is 1. The number of carbonyl (C=O) groups excluding carboxylic acids is 3. The van der Waals surface area contributed by atoms with E-state index in [4.69, 9.17) is 5.73 Å². The molecule has 0 bridgehead atoms. The molecule has 1 aromatic carbocycles. The SMILES string of the molecule is Cc1c(C(=O)O)cn(C(CC(N)=O)N2CCCC2=O)c1C=C1C(=O)Nc2cccc(C3CCNCC3)c21. The molecule has 4 heterocycles. The summed E-state index contributed by atoms with van der Waals surface area (Å²) < 4.78 is 1.62. The van der Waals surface area contributed by atoms with Crippen molar-refractivity contribution >= 4 is 41.0 Å². The third kappa shape index (κ3) is 4.53. The Balaban J connectivity index is 1.68. The second kappa shape index (κ2) is 9.85. The fourth-order valence-electron chi connectivity index (χ4n) is 5.83. The van der Waals surface area contributed by atoms with Gasteiger partial charge in [-0.15, -0.1) is 0 Å². The van der Waals surface area contributed by atoms with Crippen LogP contribution in [0.3, 0.4) is 0 Å². The van der Waals surface area contributed by atoms with Crippen molar-refractivity contribution in [3.05, 3.63) is 52.3 Å². The maximum absolute atomic E-state index is 13.2. The van der Waals surface area contributed by atoms with Crippen molar-refractivity contribution < 1.29 is 24.3 Å². The van der Waals surface area contributed by atoms with E-state index in [1.807, 2.05) is 12.1 Å². The van der Waals surface area contributed by atoms with Crippen LogP contribution in [0.15, 0.2) is 24.4 Å². The Morgan fingerprint density at radius 3 is 2.65 bits per heavy atom. The van der Waals surface area contributed by atoms with Crippen LogP contribution in [0.2, 0.25) is 0 Å². The molecule has 3 aliphatic rings. The summed E-state index contributed by atoms with van der Waals surface area (Å²) in [4.78, 5) is 51.6. The molecule has 2 saturated heterocycles. The highest BCUT2D eigenvalue weighted by Crippen LogP contribution is 2.42. The molecule has 1 unspecified atom stereocenters. The first-order valence-electron chi connectivity index (χ1n) is 12.7. The van der Waals surface area contributed by atoms with Gasteiger partial charge in [0.15, 0.2) is 0 Å². The van der Waals surface area contributed by atoms with Gasteiger partial charge in [0, 0.05) is 36.1 Å². The topological polar surface area (TPSA) is 147 Å². The number of primary amides is 1. The number of rotatable bonds is 7. The largest absolute Gasteiger partial charge is 0.478 e. The summed E-state index contributed by atoms with van der Waals surface area (Å²) in [6.07, 6.45) is 5.09. The van der Waals surface area contributed by atoms with E-state index in [0.29, 0.717) is 42.1 Å². The molecule has 3 amide bonds. The van der Waals surface area contributed by atoms with Crippen LogP contribution in [-0.4, -0.2) is 57.9 Å². The number of nitrogens with two attached hydrogens (primary N) is 1. The number of fused-ring (bicyclic) bond motifs is 1. The lowest BCUT2D eigenvalue weighted by atomic mass is 9.85. The third-order valence-corrected chi connectivity index (χ3v) is 7.66. The maximum Gasteiger partial charge on any atom is 0.337 e. The lowest BCUT2D eigenvalue weighted by molar-refractivity contribution is -0.132. The standard InChI is InChI=1S/C27H31N5O5/c1-15-19(27(36)37)14-32(23(13-22(28)33)31-11-3-6-24(31)34)21(15)12-18-25-17(16-7-9-29-10-8-16)4-2-5-20(25)30-26(18)35/h2,4-5,12,14,16,23,29H,3,6-11,13H2,1H3,(H2,28,33)(H,30,35)(H,36,37). The van der Waals surface area contributed by atoms with E-state index in [1.165, 1.54) is 6.20 Å². The normalized spacial score (nSPS) is 19.8. The first-order valence-corrected chi connectivity index (χ1v) is 12.7. The van der Waals surface area contributed by atoms with Gasteiger partial charge in [-0.25, -0.2) is 4.79 Å². The number of benzene rings is 1. The zero-order valence-electron chi connectivity index (χ0n) is 20.8. The minimum Gasteiger partial charge on any atom is -0.478 e. The Kier molecular flexibility index (Phi) is 6.59. The number of aromatic carboxylic acids is 1. The lowest BCUT2D eigenvalue weighted by Crippen LogP contribution is -2.36. The fraction of sp³-hybridized carbons (Fsp3) is 0.407. The highest BCUT2D eigenvalue weighted by molar-refractivity contribution is 6.35. The summed E-state index contributed by atoms with van der Waals surface area (Å²) in [6, 6.07) is 5.86. The van der Waals surface area contributed by atoms with E-state index < -0.39 is 18.0 Å². The quantitative estimate of drug-likeness (QED) is 0.425. The van der Waals surface area contributed by atoms with Gasteiger partial charge in [-0.2, -0.15) is 0 Å². The molecule has 0 radical (unpaired) electrons. The van der Waals surface area contributed by atoms with E-state index in [2.05, 4.69) is 16.7 Å². The smallest absolute Gasteiger partial charge is 0.337 e. The van der Waals surface area contributed by atoms with Gasteiger partial charge >= 0.3 is 5.97 Å². The van der Waals surface area contributed by atoms with Crippen molar-refractivity contribution in [2.24, 2.45) is 5.73 Å². The number of amides is 3. The van der Waals surface area contributed by atoms with E-state index in [-0.39, 0.29) is 23.8 Å². The molecule has 194 valence electrons. The van der Waals surface area contributed by atoms with Gasteiger partial charge in [0.25, 0.3) is 5.91 Å². The molecule has 10 nitrogen and oxygen atoms in total. The number of aromatic nitrogens is 1. The molecule has 0 spiro atoms. The number of nitrogens with zero attached hydrogens (tertiary/aromatic N) is 2. The minimum atomic E-state index is -1.13. The molecule has 10 heteroatoms. The summed E-state index contributed by atoms with van der Waals surface area (Å²) in [5.74, 6) is -1.84. The van der Waals surface area contributed by atoms with Gasteiger partial charge in [-0.1, -0.05) is 12.1 Å². The van der Waals surface area contributed by atoms with Crippen LogP contribution in [0.1, 0.15) is 76.9 Å². The molecular formula is C27H31N5O5. The van der Waals surface area contributed by atoms with Crippen LogP contribution in [0.5, 0.6) is 0 Å². The summed E-state index contributed by atoms with van der Waals surface area (Å²) in [5, 5.41) is 16.2. The molecule has 2 fully saturated rings. The highest BCUT2D eigenvalue weighted by Gasteiger charge is 2.35. The van der Waals surface area contributed by atoms with Crippen LogP contribution < -0.4 is 16.4 Å². The maximum atomic E-state index is 13.2. The summed E-state index contributed by atoms with van der Waals surface area (Å²) in [6.45, 7) is 3.91. The predicted molar refractivity (Wildman–Crippen MR) is 138 cm³/mol. The van der Waals surface area contributed by atoms with Crippen LogP contribution in [-0.2, 0) is 14.4 Å². The van der Waals surface area contributed by atoms with Gasteiger partial charge in [-0.3, -0.25) is 14.4 Å². The Labute approximate surface area is 214 Å². The average Bonchev–Trinajstić information content (AvgIpc) is 3.53. The van der Waals surface area contributed by atoms with Crippen molar-refractivity contribution in [2.45, 2.75) is 51.1 Å². The number of nitrogens with one attached hydrogen (secondary N) is 2. The summed E-state index contributed by atoms with van der Waals surface area (Å²) in [5.41, 5.74) is 9.58. The first-order chi connectivity index (χ1) is 17.8. The van der Waals surface area contributed by atoms with E-state index in [9.17, 15) is 24.3 Å². The molecule has 37 heavy (non-hydrogen) atoms. The number of carbonyl (C=O) groups is 4. The Morgan fingerprint density at radius 1 is 1.24 bits per heavy atom. The monoisotopic (exact) mass is 505 g/mol. The van der Waals surface area contributed by atoms with Crippen molar-refractivity contribution in [1.29, 1.82) is 0 Å². The number of carboxylic acid groups (broad SMARTS) is 1. The summed E-state index contributed by atoms with van der Waals surface area (Å²) in [7, 11) is 0. The van der Waals surface area contributed by atoms with Crippen LogP contribution >= 0.6 is 0 Å². The number of hydrogen-bond donors (Lipinski definition) is 4. The molecule has 2 aromatic rings. The van der Waals surface area contributed by atoms with Crippen molar-refractivity contribution in [1.82, 2.24) is 14.8 Å². The fourth-order valence-corrected chi connectivity index (χ4v) is 5.83. The first kappa shape index (κ1) is 24.8. The van der Waals surface area contributed by atoms with Crippen LogP contribution in [0.4, 0.5) is 5.69 Å². The molecule has 0 saturated carbocycles. The Bertz CT molecular complexity index is 1320. The van der Waals surface area contributed by atoms with Gasteiger partial charge in [-0.05, 0) is 68.5 Å². The Hall–Kier alpha value is -3.92.